The van der Waals surface area contributed by atoms with Gasteiger partial charge < -0.3 is 24.9 Å². The number of hydrogen-bond donors (Lipinski definition) is 2. The SMILES string of the molecule is CCNC(=NCC(c1ccco1)N1CCCCC1)NCCCCN1CCN(C)CC1.I. The van der Waals surface area contributed by atoms with Crippen molar-refractivity contribution in [3.8, 4) is 0 Å². The van der Waals surface area contributed by atoms with Gasteiger partial charge in [0.2, 0.25) is 0 Å². The zero-order valence-corrected chi connectivity index (χ0v) is 21.9. The van der Waals surface area contributed by atoms with Gasteiger partial charge in [0.15, 0.2) is 5.96 Å². The van der Waals surface area contributed by atoms with E-state index >= 15 is 0 Å². The van der Waals surface area contributed by atoms with Crippen molar-refractivity contribution in [3.05, 3.63) is 24.2 Å². The second-order valence-corrected chi connectivity index (χ2v) is 8.63. The predicted molar refractivity (Wildman–Crippen MR) is 139 cm³/mol. The number of piperidine rings is 1. The molecule has 2 N–H and O–H groups in total. The minimum absolute atomic E-state index is 0. The Bertz CT molecular complexity index is 597. The van der Waals surface area contributed by atoms with Gasteiger partial charge in [-0.15, -0.1) is 24.0 Å². The number of furan rings is 1. The summed E-state index contributed by atoms with van der Waals surface area (Å²) < 4.78 is 5.76. The number of nitrogens with zero attached hydrogens (tertiary/aromatic N) is 4. The van der Waals surface area contributed by atoms with Crippen LogP contribution in [0.5, 0.6) is 0 Å². The molecule has 0 aromatic carbocycles. The quantitative estimate of drug-likeness (QED) is 0.204. The Balaban J connectivity index is 0.00000341. The third-order valence-corrected chi connectivity index (χ3v) is 6.26. The first kappa shape index (κ1) is 26.4. The lowest BCUT2D eigenvalue weighted by Gasteiger charge is -2.32. The second kappa shape index (κ2) is 15.1. The van der Waals surface area contributed by atoms with Gasteiger partial charge in [0, 0.05) is 39.3 Å². The third-order valence-electron chi connectivity index (χ3n) is 6.26. The molecule has 0 bridgehead atoms. The molecule has 2 saturated heterocycles. The molecule has 3 rings (SSSR count). The first-order chi connectivity index (χ1) is 14.8. The summed E-state index contributed by atoms with van der Waals surface area (Å²) in [6, 6.07) is 4.31. The third kappa shape index (κ3) is 9.27. The monoisotopic (exact) mass is 546 g/mol. The lowest BCUT2D eigenvalue weighted by molar-refractivity contribution is 0.150. The van der Waals surface area contributed by atoms with Gasteiger partial charge in [-0.05, 0) is 71.4 Å². The van der Waals surface area contributed by atoms with Gasteiger partial charge in [-0.2, -0.15) is 0 Å². The largest absolute Gasteiger partial charge is 0.468 e. The molecule has 7 nitrogen and oxygen atoms in total. The van der Waals surface area contributed by atoms with Crippen LogP contribution in [0.1, 0.15) is 50.8 Å². The first-order valence-corrected chi connectivity index (χ1v) is 12.0. The molecule has 2 fully saturated rings. The molecule has 178 valence electrons. The van der Waals surface area contributed by atoms with Crippen molar-refractivity contribution in [1.29, 1.82) is 0 Å². The molecule has 0 radical (unpaired) electrons. The van der Waals surface area contributed by atoms with E-state index < -0.39 is 0 Å². The van der Waals surface area contributed by atoms with Crippen LogP contribution in [0.3, 0.4) is 0 Å². The van der Waals surface area contributed by atoms with Crippen LogP contribution < -0.4 is 10.6 Å². The fourth-order valence-electron chi connectivity index (χ4n) is 4.35. The van der Waals surface area contributed by atoms with E-state index in [-0.39, 0.29) is 30.0 Å². The molecule has 31 heavy (non-hydrogen) atoms. The number of hydrogen-bond acceptors (Lipinski definition) is 5. The molecule has 0 saturated carbocycles. The van der Waals surface area contributed by atoms with Crippen molar-refractivity contribution in [1.82, 2.24) is 25.3 Å². The average Bonchev–Trinajstić information content (AvgIpc) is 3.30. The molecule has 8 heteroatoms. The number of nitrogens with one attached hydrogen (secondary N) is 2. The molecule has 0 spiro atoms. The standard InChI is InChI=1S/C23H42N6O.HI/c1-3-24-23(25-11-5-8-12-28-17-15-27(2)16-18-28)26-20-21(22-10-9-19-30-22)29-13-6-4-7-14-29;/h9-10,19,21H,3-8,11-18,20H2,1-2H3,(H2,24,25,26);1H. The maximum atomic E-state index is 5.76. The van der Waals surface area contributed by atoms with Crippen LogP contribution in [0.25, 0.3) is 0 Å². The maximum Gasteiger partial charge on any atom is 0.191 e. The number of unbranched alkanes of at least 4 members (excludes halogenated alkanes) is 1. The highest BCUT2D eigenvalue weighted by Gasteiger charge is 2.24. The van der Waals surface area contributed by atoms with Crippen LogP contribution in [-0.2, 0) is 0 Å². The lowest BCUT2D eigenvalue weighted by Crippen LogP contribution is -2.44. The molecular weight excluding hydrogens is 503 g/mol. The van der Waals surface area contributed by atoms with Crippen molar-refractivity contribution < 1.29 is 4.42 Å². The molecular formula is C23H43IN6O. The highest BCUT2D eigenvalue weighted by molar-refractivity contribution is 14.0. The van der Waals surface area contributed by atoms with E-state index in [9.17, 15) is 0 Å². The van der Waals surface area contributed by atoms with E-state index in [1.54, 1.807) is 6.26 Å². The van der Waals surface area contributed by atoms with E-state index in [1.807, 2.05) is 6.07 Å². The number of halogens is 1. The molecule has 0 amide bonds. The summed E-state index contributed by atoms with van der Waals surface area (Å²) in [5.74, 6) is 1.95. The second-order valence-electron chi connectivity index (χ2n) is 8.63. The van der Waals surface area contributed by atoms with Crippen LogP contribution in [0.4, 0.5) is 0 Å². The van der Waals surface area contributed by atoms with Crippen LogP contribution in [0, 0.1) is 0 Å². The van der Waals surface area contributed by atoms with Crippen molar-refractivity contribution >= 4 is 29.9 Å². The molecule has 0 aliphatic carbocycles. The first-order valence-electron chi connectivity index (χ1n) is 12.0. The van der Waals surface area contributed by atoms with Gasteiger partial charge in [0.1, 0.15) is 5.76 Å². The zero-order valence-electron chi connectivity index (χ0n) is 19.5. The Morgan fingerprint density at radius 2 is 1.84 bits per heavy atom. The number of rotatable bonds is 10. The zero-order chi connectivity index (χ0) is 21.0. The summed E-state index contributed by atoms with van der Waals surface area (Å²) >= 11 is 0. The van der Waals surface area contributed by atoms with Gasteiger partial charge in [-0.25, -0.2) is 0 Å². The molecule has 1 unspecified atom stereocenters. The predicted octanol–water partition coefficient (Wildman–Crippen LogP) is 3.01. The number of piperazine rings is 1. The normalized spacial score (nSPS) is 20.3. The van der Waals surface area contributed by atoms with Gasteiger partial charge >= 0.3 is 0 Å². The Labute approximate surface area is 206 Å². The maximum absolute atomic E-state index is 5.76. The topological polar surface area (TPSA) is 59.3 Å². The van der Waals surface area contributed by atoms with E-state index in [0.29, 0.717) is 0 Å². The van der Waals surface area contributed by atoms with E-state index in [1.165, 1.54) is 64.8 Å². The van der Waals surface area contributed by atoms with E-state index in [4.69, 9.17) is 9.41 Å². The van der Waals surface area contributed by atoms with Crippen LogP contribution in [0.15, 0.2) is 27.8 Å². The molecule has 1 aromatic heterocycles. The van der Waals surface area contributed by atoms with Crippen LogP contribution in [-0.4, -0.2) is 93.2 Å². The van der Waals surface area contributed by atoms with Crippen molar-refractivity contribution in [2.24, 2.45) is 4.99 Å². The van der Waals surface area contributed by atoms with E-state index in [0.717, 1.165) is 44.4 Å². The highest BCUT2D eigenvalue weighted by atomic mass is 127. The Kier molecular flexibility index (Phi) is 12.8. The lowest BCUT2D eigenvalue weighted by atomic mass is 10.1. The van der Waals surface area contributed by atoms with Crippen LogP contribution in [0.2, 0.25) is 0 Å². The molecule has 2 aliphatic heterocycles. The number of likely N-dealkylation sites (N-methyl/N-ethyl adjacent to an activating group) is 1. The molecule has 2 aliphatic rings. The van der Waals surface area contributed by atoms with Crippen LogP contribution >= 0.6 is 24.0 Å². The van der Waals surface area contributed by atoms with E-state index in [2.05, 4.69) is 45.4 Å². The van der Waals surface area contributed by atoms with Crippen molar-refractivity contribution in [2.45, 2.75) is 45.1 Å². The smallest absolute Gasteiger partial charge is 0.191 e. The minimum Gasteiger partial charge on any atom is -0.468 e. The average molecular weight is 547 g/mol. The summed E-state index contributed by atoms with van der Waals surface area (Å²) in [6.45, 7) is 13.0. The fraction of sp³-hybridized carbons (Fsp3) is 0.783. The van der Waals surface area contributed by atoms with Gasteiger partial charge in [0.25, 0.3) is 0 Å². The summed E-state index contributed by atoms with van der Waals surface area (Å²) in [7, 11) is 2.21. The Morgan fingerprint density at radius 3 is 2.52 bits per heavy atom. The van der Waals surface area contributed by atoms with Gasteiger partial charge in [0.05, 0.1) is 18.8 Å². The number of likely N-dealkylation sites (tertiary alicyclic amines) is 1. The molecule has 1 atom stereocenters. The van der Waals surface area contributed by atoms with Crippen molar-refractivity contribution in [2.75, 3.05) is 72.5 Å². The Hall–Kier alpha value is -0.840. The molecule has 1 aromatic rings. The van der Waals surface area contributed by atoms with Gasteiger partial charge in [-0.3, -0.25) is 9.89 Å². The van der Waals surface area contributed by atoms with Gasteiger partial charge in [-0.1, -0.05) is 6.42 Å². The molecule has 3 heterocycles. The highest BCUT2D eigenvalue weighted by Crippen LogP contribution is 2.25. The van der Waals surface area contributed by atoms with Crippen molar-refractivity contribution in [3.63, 3.8) is 0 Å². The Morgan fingerprint density at radius 1 is 1.06 bits per heavy atom. The minimum atomic E-state index is 0. The fourth-order valence-corrected chi connectivity index (χ4v) is 4.35. The summed E-state index contributed by atoms with van der Waals surface area (Å²) in [5.41, 5.74) is 0. The summed E-state index contributed by atoms with van der Waals surface area (Å²) in [5, 5.41) is 6.94. The summed E-state index contributed by atoms with van der Waals surface area (Å²) in [4.78, 5) is 12.5. The number of guanidine groups is 1. The summed E-state index contributed by atoms with van der Waals surface area (Å²) in [6.07, 6.45) is 8.06. The number of aliphatic imine (C=N–C) groups is 1.